The molecule has 0 saturated carbocycles. The lowest BCUT2D eigenvalue weighted by Crippen LogP contribution is -2.31. The number of rotatable bonds is 7. The molecule has 0 unspecified atom stereocenters. The van der Waals surface area contributed by atoms with E-state index in [9.17, 15) is 18.0 Å². The Morgan fingerprint density at radius 2 is 1.91 bits per heavy atom. The number of pyridine rings is 1. The van der Waals surface area contributed by atoms with Gasteiger partial charge in [0, 0.05) is 37.8 Å². The Balaban J connectivity index is 1.64. The molecule has 172 valence electrons. The number of nitrogens with zero attached hydrogens (tertiary/aromatic N) is 2. The summed E-state index contributed by atoms with van der Waals surface area (Å²) in [6.07, 6.45) is 10.9. The van der Waals surface area contributed by atoms with Gasteiger partial charge in [0.15, 0.2) is 0 Å². The molecule has 8 heteroatoms. The average molecular weight is 458 g/mol. The number of carbonyl (C=O) groups excluding carboxylic acids is 1. The molecule has 0 spiro atoms. The fourth-order valence-electron chi connectivity index (χ4n) is 4.60. The zero-order valence-electron chi connectivity index (χ0n) is 18.6. The van der Waals surface area contributed by atoms with Crippen molar-refractivity contribution in [1.29, 1.82) is 0 Å². The van der Waals surface area contributed by atoms with E-state index in [1.165, 1.54) is 28.8 Å². The van der Waals surface area contributed by atoms with Crippen LogP contribution in [0.15, 0.2) is 45.7 Å². The van der Waals surface area contributed by atoms with Gasteiger partial charge < -0.3 is 9.88 Å². The first-order chi connectivity index (χ1) is 15.4. The summed E-state index contributed by atoms with van der Waals surface area (Å²) in [5, 5.41) is 3.13. The van der Waals surface area contributed by atoms with Crippen LogP contribution in [0.25, 0.3) is 10.9 Å². The number of allylic oxidation sites excluding steroid dienone is 1. The number of hydrogen-bond donors (Lipinski definition) is 1. The normalized spacial score (nSPS) is 17.5. The summed E-state index contributed by atoms with van der Waals surface area (Å²) in [7, 11) is -3.65. The minimum absolute atomic E-state index is 0.0488. The SMILES string of the molecule is CCn1cc(C(=O)NCCC2=CCCCC2)c(=O)c2cc(S(=O)(=O)N3CCCC3)ccc21. The molecule has 1 aliphatic carbocycles. The highest BCUT2D eigenvalue weighted by Gasteiger charge is 2.28. The predicted molar refractivity (Wildman–Crippen MR) is 125 cm³/mol. The number of hydrogen-bond acceptors (Lipinski definition) is 4. The van der Waals surface area contributed by atoms with Gasteiger partial charge >= 0.3 is 0 Å². The van der Waals surface area contributed by atoms with Crippen LogP contribution >= 0.6 is 0 Å². The molecule has 1 aromatic carbocycles. The third-order valence-corrected chi connectivity index (χ3v) is 8.35. The summed E-state index contributed by atoms with van der Waals surface area (Å²) >= 11 is 0. The second kappa shape index (κ2) is 9.58. The molecule has 1 N–H and O–H groups in total. The Kier molecular flexibility index (Phi) is 6.81. The molecule has 7 nitrogen and oxygen atoms in total. The minimum Gasteiger partial charge on any atom is -0.352 e. The van der Waals surface area contributed by atoms with Gasteiger partial charge in [0.25, 0.3) is 5.91 Å². The first-order valence-corrected chi connectivity index (χ1v) is 13.0. The number of sulfonamides is 1. The van der Waals surface area contributed by atoms with Crippen molar-refractivity contribution in [2.45, 2.75) is 63.3 Å². The lowest BCUT2D eigenvalue weighted by atomic mass is 9.97. The highest BCUT2D eigenvalue weighted by Crippen LogP contribution is 2.24. The summed E-state index contributed by atoms with van der Waals surface area (Å²) in [5.41, 5.74) is 1.60. The Hall–Kier alpha value is -2.45. The van der Waals surface area contributed by atoms with Gasteiger partial charge in [-0.05, 0) is 70.1 Å². The van der Waals surface area contributed by atoms with Gasteiger partial charge in [-0.3, -0.25) is 9.59 Å². The molecule has 0 radical (unpaired) electrons. The maximum absolute atomic E-state index is 13.2. The zero-order valence-corrected chi connectivity index (χ0v) is 19.4. The molecular weight excluding hydrogens is 426 g/mol. The van der Waals surface area contributed by atoms with Gasteiger partial charge in [0.05, 0.1) is 10.4 Å². The Labute approximate surface area is 189 Å². The topological polar surface area (TPSA) is 88.5 Å². The van der Waals surface area contributed by atoms with E-state index in [1.807, 2.05) is 11.5 Å². The molecule has 1 fully saturated rings. The van der Waals surface area contributed by atoms with E-state index >= 15 is 0 Å². The van der Waals surface area contributed by atoms with Crippen LogP contribution in [0, 0.1) is 0 Å². The van der Waals surface area contributed by atoms with Crippen LogP contribution in [0.1, 0.15) is 62.2 Å². The van der Waals surface area contributed by atoms with E-state index in [4.69, 9.17) is 0 Å². The Morgan fingerprint density at radius 1 is 1.12 bits per heavy atom. The van der Waals surface area contributed by atoms with Crippen LogP contribution in [0.5, 0.6) is 0 Å². The Morgan fingerprint density at radius 3 is 2.59 bits per heavy atom. The van der Waals surface area contributed by atoms with Crippen LogP contribution in [-0.2, 0) is 16.6 Å². The van der Waals surface area contributed by atoms with Crippen molar-refractivity contribution in [1.82, 2.24) is 14.2 Å². The molecule has 1 amide bonds. The van der Waals surface area contributed by atoms with Crippen molar-refractivity contribution < 1.29 is 13.2 Å². The van der Waals surface area contributed by atoms with Crippen molar-refractivity contribution in [2.75, 3.05) is 19.6 Å². The molecule has 1 aliphatic heterocycles. The van der Waals surface area contributed by atoms with Crippen molar-refractivity contribution in [2.24, 2.45) is 0 Å². The number of carbonyl (C=O) groups is 1. The van der Waals surface area contributed by atoms with Crippen LogP contribution in [0.4, 0.5) is 0 Å². The second-order valence-corrected chi connectivity index (χ2v) is 10.5. The fourth-order valence-corrected chi connectivity index (χ4v) is 6.15. The summed E-state index contributed by atoms with van der Waals surface area (Å²) in [5.74, 6) is -0.414. The molecule has 2 aliphatic rings. The first-order valence-electron chi connectivity index (χ1n) is 11.6. The molecular formula is C24H31N3O4S. The van der Waals surface area contributed by atoms with Gasteiger partial charge in [-0.15, -0.1) is 0 Å². The molecule has 1 aromatic heterocycles. The number of aromatic nitrogens is 1. The number of aryl methyl sites for hydroxylation is 1. The summed E-state index contributed by atoms with van der Waals surface area (Å²) in [6.45, 7) is 3.97. The minimum atomic E-state index is -3.65. The lowest BCUT2D eigenvalue weighted by Gasteiger charge is -2.17. The molecule has 0 atom stereocenters. The van der Waals surface area contributed by atoms with Gasteiger partial charge in [0.1, 0.15) is 5.56 Å². The van der Waals surface area contributed by atoms with Crippen LogP contribution < -0.4 is 10.7 Å². The summed E-state index contributed by atoms with van der Waals surface area (Å²) in [6, 6.07) is 4.65. The van der Waals surface area contributed by atoms with E-state index in [1.54, 1.807) is 18.3 Å². The molecule has 2 heterocycles. The molecule has 32 heavy (non-hydrogen) atoms. The monoisotopic (exact) mass is 457 g/mol. The van der Waals surface area contributed by atoms with E-state index in [0.717, 1.165) is 32.1 Å². The van der Waals surface area contributed by atoms with Crippen LogP contribution in [0.3, 0.4) is 0 Å². The molecule has 4 rings (SSSR count). The lowest BCUT2D eigenvalue weighted by molar-refractivity contribution is 0.0952. The Bertz CT molecular complexity index is 1210. The van der Waals surface area contributed by atoms with E-state index in [0.29, 0.717) is 31.7 Å². The average Bonchev–Trinajstić information content (AvgIpc) is 3.36. The number of fused-ring (bicyclic) bond motifs is 1. The van der Waals surface area contributed by atoms with Crippen LogP contribution in [-0.4, -0.2) is 42.8 Å². The summed E-state index contributed by atoms with van der Waals surface area (Å²) in [4.78, 5) is 26.2. The largest absolute Gasteiger partial charge is 0.352 e. The maximum atomic E-state index is 13.2. The fraction of sp³-hybridized carbons (Fsp3) is 0.500. The number of amides is 1. The van der Waals surface area contributed by atoms with Gasteiger partial charge in [-0.1, -0.05) is 11.6 Å². The number of nitrogens with one attached hydrogen (secondary N) is 1. The molecule has 0 bridgehead atoms. The van der Waals surface area contributed by atoms with E-state index in [-0.39, 0.29) is 15.8 Å². The number of benzene rings is 1. The van der Waals surface area contributed by atoms with Crippen molar-refractivity contribution in [3.8, 4) is 0 Å². The van der Waals surface area contributed by atoms with Gasteiger partial charge in [-0.25, -0.2) is 8.42 Å². The van der Waals surface area contributed by atoms with Crippen molar-refractivity contribution in [3.63, 3.8) is 0 Å². The second-order valence-electron chi connectivity index (χ2n) is 8.56. The maximum Gasteiger partial charge on any atom is 0.256 e. The van der Waals surface area contributed by atoms with E-state index in [2.05, 4.69) is 11.4 Å². The standard InChI is InChI=1S/C24H31N3O4S/c1-2-26-17-21(24(29)25-13-12-18-8-4-3-5-9-18)23(28)20-16-19(10-11-22(20)26)32(30,31)27-14-6-7-15-27/h8,10-11,16-17H,2-7,9,12-15H2,1H3,(H,25,29). The third-order valence-electron chi connectivity index (χ3n) is 6.46. The zero-order chi connectivity index (χ0) is 22.7. The quantitative estimate of drug-likeness (QED) is 0.645. The smallest absolute Gasteiger partial charge is 0.256 e. The van der Waals surface area contributed by atoms with Crippen LogP contribution in [0.2, 0.25) is 0 Å². The highest BCUT2D eigenvalue weighted by molar-refractivity contribution is 7.89. The highest BCUT2D eigenvalue weighted by atomic mass is 32.2. The predicted octanol–water partition coefficient (Wildman–Crippen LogP) is 3.43. The third kappa shape index (κ3) is 4.52. The van der Waals surface area contributed by atoms with E-state index < -0.39 is 21.4 Å². The van der Waals surface area contributed by atoms with Gasteiger partial charge in [0.2, 0.25) is 15.5 Å². The molecule has 2 aromatic rings. The summed E-state index contributed by atoms with van der Waals surface area (Å²) < 4.78 is 29.3. The van der Waals surface area contributed by atoms with Gasteiger partial charge in [-0.2, -0.15) is 4.31 Å². The van der Waals surface area contributed by atoms with Crippen molar-refractivity contribution >= 4 is 26.8 Å². The molecule has 1 saturated heterocycles. The van der Waals surface area contributed by atoms with Crippen molar-refractivity contribution in [3.05, 3.63) is 51.8 Å². The first kappa shape index (κ1) is 22.7.